The highest BCUT2D eigenvalue weighted by molar-refractivity contribution is 5.82. The third-order valence-electron chi connectivity index (χ3n) is 4.04. The Morgan fingerprint density at radius 3 is 2.87 bits per heavy atom. The molecule has 15 heavy (non-hydrogen) atoms. The largest absolute Gasteiger partial charge is 0.409 e. The Morgan fingerprint density at radius 2 is 2.33 bits per heavy atom. The summed E-state index contributed by atoms with van der Waals surface area (Å²) in [6, 6.07) is 0.678. The van der Waals surface area contributed by atoms with E-state index in [1.807, 2.05) is 6.92 Å². The maximum absolute atomic E-state index is 8.54. The van der Waals surface area contributed by atoms with Crippen LogP contribution in [0.5, 0.6) is 0 Å². The Labute approximate surface area is 90.9 Å². The van der Waals surface area contributed by atoms with E-state index in [1.165, 1.54) is 25.7 Å². The van der Waals surface area contributed by atoms with E-state index in [4.69, 9.17) is 10.9 Å². The van der Waals surface area contributed by atoms with Crippen LogP contribution in [0.1, 0.15) is 32.6 Å². The monoisotopic (exact) mass is 211 g/mol. The lowest BCUT2D eigenvalue weighted by molar-refractivity contribution is 0.310. The van der Waals surface area contributed by atoms with Crippen LogP contribution in [0.25, 0.3) is 0 Å². The minimum Gasteiger partial charge on any atom is -0.409 e. The Hall–Kier alpha value is -0.770. The molecule has 2 bridgehead atoms. The maximum atomic E-state index is 8.54. The Balaban J connectivity index is 1.74. The smallest absolute Gasteiger partial charge is 0.143 e. The van der Waals surface area contributed by atoms with E-state index in [-0.39, 0.29) is 5.92 Å². The van der Waals surface area contributed by atoms with Crippen LogP contribution in [0.3, 0.4) is 0 Å². The summed E-state index contributed by atoms with van der Waals surface area (Å²) in [5.41, 5.74) is 5.54. The summed E-state index contributed by atoms with van der Waals surface area (Å²) >= 11 is 0. The molecule has 2 aliphatic rings. The zero-order valence-corrected chi connectivity index (χ0v) is 9.32. The molecule has 0 spiro atoms. The van der Waals surface area contributed by atoms with Gasteiger partial charge in [-0.05, 0) is 31.1 Å². The molecule has 0 saturated heterocycles. The van der Waals surface area contributed by atoms with Gasteiger partial charge in [0.15, 0.2) is 0 Å². The van der Waals surface area contributed by atoms with E-state index in [1.54, 1.807) is 0 Å². The van der Waals surface area contributed by atoms with Gasteiger partial charge in [-0.1, -0.05) is 18.5 Å². The summed E-state index contributed by atoms with van der Waals surface area (Å²) in [6.07, 6.45) is 5.56. The highest BCUT2D eigenvalue weighted by Gasteiger charge is 2.39. The average Bonchev–Trinajstić information content (AvgIpc) is 2.86. The van der Waals surface area contributed by atoms with Crippen LogP contribution in [0, 0.1) is 17.8 Å². The van der Waals surface area contributed by atoms with Crippen LogP contribution in [0.4, 0.5) is 0 Å². The number of rotatable bonds is 4. The van der Waals surface area contributed by atoms with Crippen molar-refractivity contribution in [3.05, 3.63) is 0 Å². The third kappa shape index (κ3) is 2.25. The third-order valence-corrected chi connectivity index (χ3v) is 4.04. The van der Waals surface area contributed by atoms with Gasteiger partial charge in [0, 0.05) is 18.5 Å². The van der Waals surface area contributed by atoms with Crippen molar-refractivity contribution in [3.63, 3.8) is 0 Å². The van der Waals surface area contributed by atoms with Gasteiger partial charge in [0.2, 0.25) is 0 Å². The number of nitrogens with zero attached hydrogens (tertiary/aromatic N) is 1. The highest BCUT2D eigenvalue weighted by atomic mass is 16.4. The van der Waals surface area contributed by atoms with Gasteiger partial charge >= 0.3 is 0 Å². The standard InChI is InChI=1S/C11H21N3O/c1-7(11(12)14-15)6-13-10-5-8-2-3-9(10)4-8/h7-10,13,15H,2-6H2,1H3,(H2,12,14). The average molecular weight is 211 g/mol. The molecule has 2 saturated carbocycles. The topological polar surface area (TPSA) is 70.6 Å². The number of amidine groups is 1. The van der Waals surface area contributed by atoms with E-state index in [0.29, 0.717) is 11.9 Å². The SMILES string of the molecule is CC(CNC1CC2CCC1C2)C(N)=NO. The van der Waals surface area contributed by atoms with Crippen LogP contribution in [0.2, 0.25) is 0 Å². The van der Waals surface area contributed by atoms with Crippen molar-refractivity contribution in [2.75, 3.05) is 6.54 Å². The van der Waals surface area contributed by atoms with Gasteiger partial charge in [-0.2, -0.15) is 0 Å². The second kappa shape index (κ2) is 4.39. The van der Waals surface area contributed by atoms with E-state index >= 15 is 0 Å². The number of nitrogens with one attached hydrogen (secondary N) is 1. The molecule has 0 aromatic carbocycles. The van der Waals surface area contributed by atoms with E-state index in [9.17, 15) is 0 Å². The van der Waals surface area contributed by atoms with Gasteiger partial charge < -0.3 is 16.3 Å². The molecular weight excluding hydrogens is 190 g/mol. The van der Waals surface area contributed by atoms with E-state index in [2.05, 4.69) is 10.5 Å². The molecule has 2 fully saturated rings. The van der Waals surface area contributed by atoms with Crippen molar-refractivity contribution in [2.24, 2.45) is 28.6 Å². The fourth-order valence-corrected chi connectivity index (χ4v) is 3.03. The van der Waals surface area contributed by atoms with Crippen molar-refractivity contribution in [1.29, 1.82) is 0 Å². The summed E-state index contributed by atoms with van der Waals surface area (Å²) in [6.45, 7) is 2.80. The summed E-state index contributed by atoms with van der Waals surface area (Å²) < 4.78 is 0. The van der Waals surface area contributed by atoms with Crippen LogP contribution < -0.4 is 11.1 Å². The number of fused-ring (bicyclic) bond motifs is 2. The summed E-state index contributed by atoms with van der Waals surface area (Å²) in [7, 11) is 0. The molecule has 0 aromatic heterocycles. The van der Waals surface area contributed by atoms with Crippen molar-refractivity contribution < 1.29 is 5.21 Å². The fraction of sp³-hybridized carbons (Fsp3) is 0.909. The van der Waals surface area contributed by atoms with Crippen molar-refractivity contribution in [1.82, 2.24) is 5.32 Å². The lowest BCUT2D eigenvalue weighted by Crippen LogP contribution is -2.39. The normalized spacial score (nSPS) is 37.1. The summed E-state index contributed by atoms with van der Waals surface area (Å²) in [5.74, 6) is 2.29. The fourth-order valence-electron chi connectivity index (χ4n) is 3.03. The maximum Gasteiger partial charge on any atom is 0.143 e. The van der Waals surface area contributed by atoms with Crippen molar-refractivity contribution in [2.45, 2.75) is 38.6 Å². The zero-order chi connectivity index (χ0) is 10.8. The minimum absolute atomic E-state index is 0.120. The molecule has 0 aromatic rings. The van der Waals surface area contributed by atoms with Crippen LogP contribution in [0.15, 0.2) is 5.16 Å². The molecule has 2 rings (SSSR count). The zero-order valence-electron chi connectivity index (χ0n) is 9.32. The molecule has 0 heterocycles. The molecule has 0 amide bonds. The lowest BCUT2D eigenvalue weighted by atomic mass is 9.95. The van der Waals surface area contributed by atoms with Gasteiger partial charge in [0.05, 0.1) is 0 Å². The van der Waals surface area contributed by atoms with Crippen LogP contribution in [-0.2, 0) is 0 Å². The molecule has 0 aliphatic heterocycles. The molecule has 4 unspecified atom stereocenters. The molecule has 0 radical (unpaired) electrons. The van der Waals surface area contributed by atoms with E-state index in [0.717, 1.165) is 18.4 Å². The second-order valence-corrected chi connectivity index (χ2v) is 5.12. The molecule has 2 aliphatic carbocycles. The number of hydrogen-bond acceptors (Lipinski definition) is 3. The van der Waals surface area contributed by atoms with Gasteiger partial charge in [-0.15, -0.1) is 0 Å². The lowest BCUT2D eigenvalue weighted by Gasteiger charge is -2.24. The van der Waals surface area contributed by atoms with Crippen molar-refractivity contribution in [3.8, 4) is 0 Å². The first-order valence-electron chi connectivity index (χ1n) is 5.91. The first-order valence-corrected chi connectivity index (χ1v) is 5.91. The van der Waals surface area contributed by atoms with Gasteiger partial charge in [-0.3, -0.25) is 0 Å². The molecule has 4 atom stereocenters. The molecule has 4 nitrogen and oxygen atoms in total. The van der Waals surface area contributed by atoms with Gasteiger partial charge in [-0.25, -0.2) is 0 Å². The Bertz CT molecular complexity index is 254. The molecule has 4 N–H and O–H groups in total. The van der Waals surface area contributed by atoms with Gasteiger partial charge in [0.25, 0.3) is 0 Å². The summed E-state index contributed by atoms with van der Waals surface area (Å²) in [5, 5.41) is 15.1. The predicted molar refractivity (Wildman–Crippen MR) is 59.8 cm³/mol. The highest BCUT2D eigenvalue weighted by Crippen LogP contribution is 2.44. The second-order valence-electron chi connectivity index (χ2n) is 5.12. The molecule has 86 valence electrons. The number of oxime groups is 1. The quantitative estimate of drug-likeness (QED) is 0.283. The molecular formula is C11H21N3O. The summed E-state index contributed by atoms with van der Waals surface area (Å²) in [4.78, 5) is 0. The van der Waals surface area contributed by atoms with E-state index < -0.39 is 0 Å². The Kier molecular flexibility index (Phi) is 3.14. The van der Waals surface area contributed by atoms with Gasteiger partial charge in [0.1, 0.15) is 5.84 Å². The minimum atomic E-state index is 0.120. The van der Waals surface area contributed by atoms with Crippen LogP contribution >= 0.6 is 0 Å². The Morgan fingerprint density at radius 1 is 1.53 bits per heavy atom. The molecule has 4 heteroatoms. The number of hydrogen-bond donors (Lipinski definition) is 3. The number of nitrogens with two attached hydrogens (primary N) is 1. The first kappa shape index (κ1) is 10.7. The predicted octanol–water partition coefficient (Wildman–Crippen LogP) is 1.15. The first-order chi connectivity index (χ1) is 7.20. The van der Waals surface area contributed by atoms with Crippen molar-refractivity contribution >= 4 is 5.84 Å². The van der Waals surface area contributed by atoms with Crippen LogP contribution in [-0.4, -0.2) is 23.6 Å².